The van der Waals surface area contributed by atoms with Gasteiger partial charge in [0.1, 0.15) is 33.5 Å². The van der Waals surface area contributed by atoms with E-state index in [1.807, 2.05) is 18.2 Å². The number of benzene rings is 20. The van der Waals surface area contributed by atoms with Gasteiger partial charge in [0.05, 0.1) is 5.41 Å². The third kappa shape index (κ3) is 14.7. The number of hydrogen-bond acceptors (Lipinski definition) is 3. The SMILES string of the molecule is Brc1ccc(-c2ccc3c(c2)C(c2ccccc2)(c2ccccc2)c2ccccc2-3)cc1.Brc1ccc(-c2ccc3oc4c5ccccc5c5ccccc5c4c3c2)cc1.Brc1ccc(-c2ccc3oc4ccc5ccccc5c4c3c2)cc1.Brc1ccc(-c2cccc3c2oc2ccccc23)cc1.CC1(C)c2ccccc2-c2ccc(-c3cccc(Br)c3)cc21. The second-order valence-electron chi connectivity index (χ2n) is 32.6. The summed E-state index contributed by atoms with van der Waals surface area (Å²) >= 11 is 17.6. The highest BCUT2D eigenvalue weighted by Gasteiger charge is 2.46. The Bertz CT molecular complexity index is 8050. The number of para-hydroxylation sites is 2. The van der Waals surface area contributed by atoms with E-state index in [9.17, 15) is 0 Å². The van der Waals surface area contributed by atoms with Crippen molar-refractivity contribution in [3.63, 3.8) is 0 Å². The van der Waals surface area contributed by atoms with Crippen LogP contribution in [0.15, 0.2) is 466 Å². The first-order chi connectivity index (χ1) is 61.8. The van der Waals surface area contributed by atoms with Gasteiger partial charge in [-0.25, -0.2) is 0 Å². The minimum absolute atomic E-state index is 0.0634. The molecule has 0 saturated heterocycles. The molecule has 25 rings (SSSR count). The second-order valence-corrected chi connectivity index (χ2v) is 37.2. The zero-order chi connectivity index (χ0) is 85.2. The molecule has 0 amide bonds. The Morgan fingerprint density at radius 1 is 0.190 bits per heavy atom. The van der Waals surface area contributed by atoms with Gasteiger partial charge in [0.25, 0.3) is 0 Å². The molecule has 3 nitrogen and oxygen atoms in total. The first-order valence-electron chi connectivity index (χ1n) is 42.2. The Morgan fingerprint density at radius 2 is 0.571 bits per heavy atom. The van der Waals surface area contributed by atoms with Crippen molar-refractivity contribution >= 4 is 178 Å². The molecule has 0 radical (unpaired) electrons. The molecule has 20 aromatic carbocycles. The van der Waals surface area contributed by atoms with Crippen molar-refractivity contribution in [2.24, 2.45) is 0 Å². The van der Waals surface area contributed by atoms with Gasteiger partial charge in [0.15, 0.2) is 0 Å². The van der Waals surface area contributed by atoms with Gasteiger partial charge < -0.3 is 13.3 Å². The molecule has 0 atom stereocenters. The predicted octanol–water partition coefficient (Wildman–Crippen LogP) is 36.4. The van der Waals surface area contributed by atoms with Gasteiger partial charge in [-0.1, -0.05) is 415 Å². The molecule has 0 unspecified atom stereocenters. The summed E-state index contributed by atoms with van der Waals surface area (Å²) in [5.74, 6) is 0. The summed E-state index contributed by atoms with van der Waals surface area (Å²) in [5, 5.41) is 14.4. The Balaban J connectivity index is 0.0000000970. The van der Waals surface area contributed by atoms with Crippen LogP contribution in [0.25, 0.3) is 176 Å². The van der Waals surface area contributed by atoms with Crippen LogP contribution in [0.3, 0.4) is 0 Å². The lowest BCUT2D eigenvalue weighted by Crippen LogP contribution is -2.28. The van der Waals surface area contributed by atoms with Crippen molar-refractivity contribution in [2.45, 2.75) is 24.7 Å². The number of fused-ring (bicyclic) bond motifs is 22. The first-order valence-corrected chi connectivity index (χ1v) is 46.1. The van der Waals surface area contributed by atoms with E-state index in [2.05, 4.69) is 506 Å². The van der Waals surface area contributed by atoms with E-state index in [0.29, 0.717) is 0 Å². The molecule has 8 heteroatoms. The van der Waals surface area contributed by atoms with E-state index in [-0.39, 0.29) is 10.8 Å². The molecule has 2 aliphatic carbocycles. The van der Waals surface area contributed by atoms with Crippen LogP contribution in [0.1, 0.15) is 47.2 Å². The summed E-state index contributed by atoms with van der Waals surface area (Å²) in [6, 6.07) is 153. The standard InChI is InChI=1S/C31H21Br.C26H15BrO.C22H13BrO.C21H17Br.C18H11BrO/c32-26-18-15-22(16-19-26)23-17-20-28-27-13-7-8-14-29(27)31(30(28)21-23,24-9-3-1-4-10-24)25-11-5-2-6-12-25;27-18-12-9-16(10-13-18)17-11-14-24-23(15-17)25-21-7-3-1-5-19(21)20-6-2-4-8-22(20)26(25)28-24;23-17-9-5-14(6-10-17)16-8-11-20-19(13-16)22-18-4-2-1-3-15(18)7-12-21(22)24-20;1-21(2)19-9-4-3-8-17(19)18-11-10-15(13-20(18)21)14-6-5-7-16(22)12-14;19-13-10-8-12(9-11-13)14-5-3-6-16-15-4-1-2-7-17(15)20-18(14)16/h1-21H;1-15H;1-13H;3-13H,1-2H3;1-11H. The summed E-state index contributed by atoms with van der Waals surface area (Å²) in [5.41, 5.74) is 31.0. The van der Waals surface area contributed by atoms with Crippen molar-refractivity contribution < 1.29 is 13.3 Å². The number of furan rings is 3. The zero-order valence-corrected chi connectivity index (χ0v) is 76.5. The molecule has 0 saturated carbocycles. The maximum Gasteiger partial charge on any atom is 0.143 e. The van der Waals surface area contributed by atoms with Crippen molar-refractivity contribution in [3.05, 3.63) is 486 Å². The average Bonchev–Trinajstić information content (AvgIpc) is 1.53. The van der Waals surface area contributed by atoms with Gasteiger partial charge >= 0.3 is 0 Å². The minimum atomic E-state index is -0.347. The van der Waals surface area contributed by atoms with Gasteiger partial charge in [-0.2, -0.15) is 0 Å². The van der Waals surface area contributed by atoms with E-state index < -0.39 is 0 Å². The van der Waals surface area contributed by atoms with Crippen molar-refractivity contribution in [1.82, 2.24) is 0 Å². The molecule has 2 aliphatic rings. The Hall–Kier alpha value is -13.0. The van der Waals surface area contributed by atoms with Crippen LogP contribution < -0.4 is 0 Å². The number of hydrogen-bond donors (Lipinski definition) is 0. The molecule has 0 N–H and O–H groups in total. The highest BCUT2D eigenvalue weighted by molar-refractivity contribution is 9.11. The van der Waals surface area contributed by atoms with Crippen molar-refractivity contribution in [1.29, 1.82) is 0 Å². The third-order valence-corrected chi connectivity index (χ3v) is 27.6. The van der Waals surface area contributed by atoms with Crippen LogP contribution in [-0.4, -0.2) is 0 Å². The minimum Gasteiger partial charge on any atom is -0.456 e. The van der Waals surface area contributed by atoms with Crippen LogP contribution in [0, 0.1) is 0 Å². The van der Waals surface area contributed by atoms with E-state index in [0.717, 1.165) is 77.8 Å². The van der Waals surface area contributed by atoms with Gasteiger partial charge in [-0.3, -0.25) is 0 Å². The monoisotopic (exact) mass is 1940 g/mol. The summed E-state index contributed by atoms with van der Waals surface area (Å²) in [6.45, 7) is 4.64. The predicted molar refractivity (Wildman–Crippen MR) is 547 cm³/mol. The Kier molecular flexibility index (Phi) is 21.5. The molecule has 0 bridgehead atoms. The number of halogens is 5. The van der Waals surface area contributed by atoms with Crippen LogP contribution in [0.5, 0.6) is 0 Å². The van der Waals surface area contributed by atoms with Gasteiger partial charge in [-0.05, 0) is 242 Å². The summed E-state index contributed by atoms with van der Waals surface area (Å²) < 4.78 is 24.0. The summed E-state index contributed by atoms with van der Waals surface area (Å²) in [7, 11) is 0. The first kappa shape index (κ1) is 80.1. The average molecular weight is 1940 g/mol. The van der Waals surface area contributed by atoms with Crippen molar-refractivity contribution in [3.8, 4) is 77.9 Å². The summed E-state index contributed by atoms with van der Waals surface area (Å²) in [6.07, 6.45) is 0. The fraction of sp³-hybridized carbons (Fsp3) is 0.0339. The highest BCUT2D eigenvalue weighted by atomic mass is 79.9. The smallest absolute Gasteiger partial charge is 0.143 e. The lowest BCUT2D eigenvalue weighted by Gasteiger charge is -2.34. The van der Waals surface area contributed by atoms with E-state index in [1.165, 1.54) is 154 Å². The Morgan fingerprint density at radius 3 is 1.18 bits per heavy atom. The lowest BCUT2D eigenvalue weighted by molar-refractivity contribution is 0.660. The fourth-order valence-corrected chi connectivity index (χ4v) is 20.5. The molecule has 3 aromatic heterocycles. The maximum atomic E-state index is 6.38. The third-order valence-electron chi connectivity index (χ3n) is 25.0. The molecular weight excluding hydrogens is 1860 g/mol. The zero-order valence-electron chi connectivity index (χ0n) is 68.6. The van der Waals surface area contributed by atoms with Crippen LogP contribution in [0.2, 0.25) is 0 Å². The highest BCUT2D eigenvalue weighted by Crippen LogP contribution is 2.57. The van der Waals surface area contributed by atoms with Gasteiger partial charge in [-0.15, -0.1) is 0 Å². The van der Waals surface area contributed by atoms with Crippen LogP contribution in [0.4, 0.5) is 0 Å². The topological polar surface area (TPSA) is 39.4 Å². The summed E-state index contributed by atoms with van der Waals surface area (Å²) in [4.78, 5) is 0. The molecule has 0 spiro atoms. The lowest BCUT2D eigenvalue weighted by atomic mass is 9.67. The maximum absolute atomic E-state index is 6.38. The second kappa shape index (κ2) is 33.8. The molecule has 3 heterocycles. The fourth-order valence-electron chi connectivity index (χ4n) is 19.0. The Labute approximate surface area is 773 Å². The molecular formula is C118H77Br5O3. The van der Waals surface area contributed by atoms with Crippen LogP contribution >= 0.6 is 79.6 Å². The molecule has 23 aromatic rings. The molecule has 602 valence electrons. The quantitative estimate of drug-likeness (QED) is 0.149. The number of rotatable bonds is 7. The van der Waals surface area contributed by atoms with E-state index >= 15 is 0 Å². The van der Waals surface area contributed by atoms with Gasteiger partial charge in [0.2, 0.25) is 0 Å². The van der Waals surface area contributed by atoms with Crippen molar-refractivity contribution in [2.75, 3.05) is 0 Å². The molecule has 0 aliphatic heterocycles. The normalized spacial score (nSPS) is 12.5. The van der Waals surface area contributed by atoms with Crippen LogP contribution in [-0.2, 0) is 10.8 Å². The largest absolute Gasteiger partial charge is 0.456 e. The van der Waals surface area contributed by atoms with Gasteiger partial charge in [0, 0.05) is 71.0 Å². The van der Waals surface area contributed by atoms with E-state index in [4.69, 9.17) is 13.3 Å². The molecule has 126 heavy (non-hydrogen) atoms. The van der Waals surface area contributed by atoms with E-state index in [1.54, 1.807) is 0 Å². The molecule has 0 fully saturated rings.